The summed E-state index contributed by atoms with van der Waals surface area (Å²) in [5, 5.41) is 7.81. The smallest absolute Gasteiger partial charge is 0.410 e. The van der Waals surface area contributed by atoms with Crippen LogP contribution in [0.15, 0.2) is 12.3 Å². The third-order valence-electron chi connectivity index (χ3n) is 4.70. The zero-order valence-corrected chi connectivity index (χ0v) is 18.5. The number of piperazine rings is 1. The first-order valence-corrected chi connectivity index (χ1v) is 9.96. The van der Waals surface area contributed by atoms with Crippen molar-refractivity contribution in [2.45, 2.75) is 46.3 Å². The summed E-state index contributed by atoms with van der Waals surface area (Å²) in [6, 6.07) is 1.90. The predicted octanol–water partition coefficient (Wildman–Crippen LogP) is 3.36. The van der Waals surface area contributed by atoms with Crippen molar-refractivity contribution in [1.82, 2.24) is 24.6 Å². The van der Waals surface area contributed by atoms with Crippen LogP contribution in [0.3, 0.4) is 0 Å². The molecule has 3 heterocycles. The molecule has 0 spiro atoms. The van der Waals surface area contributed by atoms with E-state index >= 15 is 0 Å². The van der Waals surface area contributed by atoms with Gasteiger partial charge in [-0.3, -0.25) is 4.68 Å². The second-order valence-corrected chi connectivity index (χ2v) is 8.60. The molecule has 9 nitrogen and oxygen atoms in total. The fourth-order valence-corrected chi connectivity index (χ4v) is 3.32. The molecule has 1 amide bonds. The van der Waals surface area contributed by atoms with Gasteiger partial charge in [0.2, 0.25) is 5.28 Å². The quantitative estimate of drug-likeness (QED) is 0.760. The van der Waals surface area contributed by atoms with Crippen molar-refractivity contribution in [1.29, 1.82) is 0 Å². The van der Waals surface area contributed by atoms with Crippen molar-refractivity contribution in [3.63, 3.8) is 0 Å². The van der Waals surface area contributed by atoms with Gasteiger partial charge < -0.3 is 19.9 Å². The number of nitrogens with one attached hydrogen (secondary N) is 1. The van der Waals surface area contributed by atoms with E-state index < -0.39 is 5.60 Å². The number of aromatic nitrogens is 4. The first-order valence-electron chi connectivity index (χ1n) is 9.58. The van der Waals surface area contributed by atoms with E-state index in [0.717, 1.165) is 11.4 Å². The van der Waals surface area contributed by atoms with Gasteiger partial charge in [-0.1, -0.05) is 0 Å². The highest BCUT2D eigenvalue weighted by Gasteiger charge is 2.32. The second kappa shape index (κ2) is 8.06. The van der Waals surface area contributed by atoms with Crippen molar-refractivity contribution < 1.29 is 9.53 Å². The largest absolute Gasteiger partial charge is 0.444 e. The summed E-state index contributed by atoms with van der Waals surface area (Å²) in [5.41, 5.74) is 1.32. The molecule has 2 aromatic rings. The monoisotopic (exact) mass is 421 g/mol. The van der Waals surface area contributed by atoms with Gasteiger partial charge in [-0.05, 0) is 46.2 Å². The molecule has 1 saturated heterocycles. The molecule has 29 heavy (non-hydrogen) atoms. The molecule has 1 unspecified atom stereocenters. The number of hydrogen-bond acceptors (Lipinski definition) is 7. The molecule has 0 bridgehead atoms. The minimum atomic E-state index is -0.518. The topological polar surface area (TPSA) is 88.4 Å². The molecule has 0 aromatic carbocycles. The summed E-state index contributed by atoms with van der Waals surface area (Å²) in [5.74, 6) is 1.27. The third-order valence-corrected chi connectivity index (χ3v) is 4.88. The number of anilines is 3. The molecule has 158 valence electrons. The van der Waals surface area contributed by atoms with Crippen molar-refractivity contribution >= 4 is 35.0 Å². The number of halogens is 1. The van der Waals surface area contributed by atoms with E-state index in [1.807, 2.05) is 47.7 Å². The van der Waals surface area contributed by atoms with Crippen molar-refractivity contribution in [3.05, 3.63) is 23.2 Å². The van der Waals surface area contributed by atoms with Crippen LogP contribution in [0.25, 0.3) is 0 Å². The summed E-state index contributed by atoms with van der Waals surface area (Å²) in [4.78, 5) is 24.9. The fraction of sp³-hybridized carbons (Fsp3) is 0.579. The van der Waals surface area contributed by atoms with Gasteiger partial charge in [0.25, 0.3) is 0 Å². The maximum atomic E-state index is 12.5. The highest BCUT2D eigenvalue weighted by atomic mass is 35.5. The average molecular weight is 422 g/mol. The van der Waals surface area contributed by atoms with Gasteiger partial charge in [-0.2, -0.15) is 10.1 Å². The molecule has 0 aliphatic carbocycles. The zero-order valence-electron chi connectivity index (χ0n) is 17.7. The Balaban J connectivity index is 1.77. The van der Waals surface area contributed by atoms with E-state index in [2.05, 4.69) is 25.3 Å². The molecule has 0 saturated carbocycles. The Labute approximate surface area is 176 Å². The number of nitrogens with zero attached hydrogens (tertiary/aromatic N) is 6. The molecule has 1 atom stereocenters. The molecule has 1 fully saturated rings. The summed E-state index contributed by atoms with van der Waals surface area (Å²) in [6.07, 6.45) is 1.41. The van der Waals surface area contributed by atoms with Crippen LogP contribution in [-0.4, -0.2) is 62.0 Å². The van der Waals surface area contributed by atoms with Crippen LogP contribution < -0.4 is 10.2 Å². The molecule has 0 radical (unpaired) electrons. The van der Waals surface area contributed by atoms with Gasteiger partial charge in [-0.15, -0.1) is 0 Å². The maximum absolute atomic E-state index is 12.5. The first kappa shape index (κ1) is 21.2. The molecular formula is C19H28ClN7O2. The number of rotatable bonds is 3. The summed E-state index contributed by atoms with van der Waals surface area (Å²) in [6.45, 7) is 11.4. The Morgan fingerprint density at radius 2 is 2.07 bits per heavy atom. The van der Waals surface area contributed by atoms with E-state index in [4.69, 9.17) is 16.3 Å². The van der Waals surface area contributed by atoms with Crippen LogP contribution in [0, 0.1) is 6.92 Å². The minimum Gasteiger partial charge on any atom is -0.444 e. The molecule has 1 aliphatic heterocycles. The van der Waals surface area contributed by atoms with Crippen molar-refractivity contribution in [3.8, 4) is 0 Å². The maximum Gasteiger partial charge on any atom is 0.410 e. The van der Waals surface area contributed by atoms with Crippen LogP contribution in [-0.2, 0) is 11.8 Å². The lowest BCUT2D eigenvalue weighted by Crippen LogP contribution is -2.55. The Hall–Kier alpha value is -2.55. The third kappa shape index (κ3) is 5.09. The van der Waals surface area contributed by atoms with Crippen LogP contribution >= 0.6 is 11.6 Å². The highest BCUT2D eigenvalue weighted by Crippen LogP contribution is 2.29. The van der Waals surface area contributed by atoms with Gasteiger partial charge in [0.15, 0.2) is 11.6 Å². The number of carbonyl (C=O) groups is 1. The van der Waals surface area contributed by atoms with E-state index in [-0.39, 0.29) is 17.4 Å². The lowest BCUT2D eigenvalue weighted by atomic mass is 10.2. The van der Waals surface area contributed by atoms with Crippen LogP contribution in [0.5, 0.6) is 0 Å². The summed E-state index contributed by atoms with van der Waals surface area (Å²) in [7, 11) is 1.88. The Kier molecular flexibility index (Phi) is 5.88. The molecule has 3 rings (SSSR count). The summed E-state index contributed by atoms with van der Waals surface area (Å²) >= 11 is 6.04. The van der Waals surface area contributed by atoms with E-state index in [1.54, 1.807) is 15.8 Å². The van der Waals surface area contributed by atoms with Gasteiger partial charge >= 0.3 is 6.09 Å². The Morgan fingerprint density at radius 3 is 2.66 bits per heavy atom. The fourth-order valence-electron chi connectivity index (χ4n) is 3.19. The molecular weight excluding hydrogens is 394 g/mol. The number of carbonyl (C=O) groups excluding carboxylic acids is 1. The van der Waals surface area contributed by atoms with Crippen molar-refractivity contribution in [2.75, 3.05) is 29.9 Å². The van der Waals surface area contributed by atoms with E-state index in [1.165, 1.54) is 0 Å². The zero-order chi connectivity index (χ0) is 21.3. The molecule has 2 aromatic heterocycles. The Bertz CT molecular complexity index is 874. The van der Waals surface area contributed by atoms with Crippen LogP contribution in [0.2, 0.25) is 5.28 Å². The molecule has 1 aliphatic rings. The van der Waals surface area contributed by atoms with E-state index in [0.29, 0.717) is 31.3 Å². The number of hydrogen-bond donors (Lipinski definition) is 1. The van der Waals surface area contributed by atoms with Gasteiger partial charge in [-0.25, -0.2) is 9.78 Å². The number of amides is 1. The Morgan fingerprint density at radius 1 is 1.34 bits per heavy atom. The molecule has 1 N–H and O–H groups in total. The first-order chi connectivity index (χ1) is 13.5. The predicted molar refractivity (Wildman–Crippen MR) is 113 cm³/mol. The second-order valence-electron chi connectivity index (χ2n) is 8.26. The molecule has 10 heteroatoms. The SMILES string of the molecule is Cc1cc(Nc2nc(Cl)ncc2N2CCN(C(=O)OC(C)(C)C)C(C)C2)nn1C. The summed E-state index contributed by atoms with van der Waals surface area (Å²) < 4.78 is 7.31. The van der Waals surface area contributed by atoms with Gasteiger partial charge in [0, 0.05) is 44.5 Å². The normalized spacial score (nSPS) is 17.4. The number of ether oxygens (including phenoxy) is 1. The number of aryl methyl sites for hydroxylation is 2. The lowest BCUT2D eigenvalue weighted by Gasteiger charge is -2.41. The van der Waals surface area contributed by atoms with E-state index in [9.17, 15) is 4.79 Å². The lowest BCUT2D eigenvalue weighted by molar-refractivity contribution is 0.0159. The van der Waals surface area contributed by atoms with Crippen LogP contribution in [0.1, 0.15) is 33.4 Å². The average Bonchev–Trinajstić information content (AvgIpc) is 2.90. The van der Waals surface area contributed by atoms with Crippen LogP contribution in [0.4, 0.5) is 22.1 Å². The standard InChI is InChI=1S/C19H28ClN7O2/c1-12-9-15(24-25(12)6)22-16-14(10-21-17(20)23-16)26-7-8-27(13(2)11-26)18(28)29-19(3,4)5/h9-10,13H,7-8,11H2,1-6H3,(H,21,22,23,24). The minimum absolute atomic E-state index is 0.0285. The van der Waals surface area contributed by atoms with Crippen molar-refractivity contribution in [2.24, 2.45) is 7.05 Å². The highest BCUT2D eigenvalue weighted by molar-refractivity contribution is 6.28. The van der Waals surface area contributed by atoms with Gasteiger partial charge in [0.1, 0.15) is 5.60 Å². The van der Waals surface area contributed by atoms with Gasteiger partial charge in [0.05, 0.1) is 11.9 Å².